The van der Waals surface area contributed by atoms with E-state index >= 15 is 0 Å². The molecule has 3 aromatic carbocycles. The highest BCUT2D eigenvalue weighted by molar-refractivity contribution is 5.93. The molecule has 0 fully saturated rings. The Morgan fingerprint density at radius 2 is 1.52 bits per heavy atom. The minimum Gasteiger partial charge on any atom is -0.508 e. The van der Waals surface area contributed by atoms with Gasteiger partial charge in [-0.15, -0.1) is 0 Å². The number of aromatic carboxylic acids is 1. The van der Waals surface area contributed by atoms with Crippen molar-refractivity contribution in [3.05, 3.63) is 96.2 Å². The van der Waals surface area contributed by atoms with E-state index < -0.39 is 5.97 Å². The molecule has 1 aromatic heterocycles. The normalized spacial score (nSPS) is 11.1. The van der Waals surface area contributed by atoms with Crippen LogP contribution in [-0.4, -0.2) is 20.7 Å². The van der Waals surface area contributed by atoms with Gasteiger partial charge in [0.1, 0.15) is 5.75 Å². The van der Waals surface area contributed by atoms with E-state index in [1.807, 2.05) is 42.5 Å². The largest absolute Gasteiger partial charge is 0.508 e. The average molecular weight is 412 g/mol. The summed E-state index contributed by atoms with van der Waals surface area (Å²) < 4.78 is 2.07. The Labute approximate surface area is 182 Å². The number of benzene rings is 3. The van der Waals surface area contributed by atoms with Crippen LogP contribution < -0.4 is 0 Å². The number of carbonyl (C=O) groups is 1. The van der Waals surface area contributed by atoms with Crippen molar-refractivity contribution in [3.63, 3.8) is 0 Å². The SMILES string of the molecule is CC(C)Cc1cc(-c2ccccc2)c(-c2ccc(O)cc2)n1-c1ccccc1C(=O)O. The van der Waals surface area contributed by atoms with Crippen molar-refractivity contribution in [1.29, 1.82) is 0 Å². The lowest BCUT2D eigenvalue weighted by Crippen LogP contribution is -2.10. The van der Waals surface area contributed by atoms with Crippen LogP contribution in [0.15, 0.2) is 84.9 Å². The molecule has 0 bridgehead atoms. The Kier molecular flexibility index (Phi) is 5.63. The number of phenols is 1. The van der Waals surface area contributed by atoms with Crippen LogP contribution in [0.3, 0.4) is 0 Å². The Balaban J connectivity index is 2.10. The summed E-state index contributed by atoms with van der Waals surface area (Å²) in [5.41, 5.74) is 5.84. The van der Waals surface area contributed by atoms with Crippen LogP contribution in [0.2, 0.25) is 0 Å². The highest BCUT2D eigenvalue weighted by Crippen LogP contribution is 2.39. The molecule has 4 rings (SSSR count). The van der Waals surface area contributed by atoms with Crippen molar-refractivity contribution in [1.82, 2.24) is 4.57 Å². The lowest BCUT2D eigenvalue weighted by molar-refractivity contribution is 0.0697. The molecular weight excluding hydrogens is 386 g/mol. The molecule has 0 aliphatic rings. The van der Waals surface area contributed by atoms with Gasteiger partial charge in [0.2, 0.25) is 0 Å². The van der Waals surface area contributed by atoms with Gasteiger partial charge in [0.25, 0.3) is 0 Å². The molecular formula is C27H25NO3. The molecule has 0 unspecified atom stereocenters. The molecule has 4 aromatic rings. The van der Waals surface area contributed by atoms with Crippen molar-refractivity contribution in [2.75, 3.05) is 0 Å². The van der Waals surface area contributed by atoms with Crippen LogP contribution in [0, 0.1) is 5.92 Å². The summed E-state index contributed by atoms with van der Waals surface area (Å²) in [5, 5.41) is 19.7. The minimum absolute atomic E-state index is 0.191. The Bertz CT molecular complexity index is 1210. The Morgan fingerprint density at radius 1 is 0.871 bits per heavy atom. The summed E-state index contributed by atoms with van der Waals surface area (Å²) in [7, 11) is 0. The number of para-hydroxylation sites is 1. The van der Waals surface area contributed by atoms with E-state index in [0.717, 1.165) is 34.5 Å². The second-order valence-electron chi connectivity index (χ2n) is 8.07. The number of aromatic nitrogens is 1. The molecule has 31 heavy (non-hydrogen) atoms. The highest BCUT2D eigenvalue weighted by atomic mass is 16.4. The van der Waals surface area contributed by atoms with Gasteiger partial charge >= 0.3 is 5.97 Å². The van der Waals surface area contributed by atoms with Gasteiger partial charge < -0.3 is 14.8 Å². The maximum absolute atomic E-state index is 12.1. The lowest BCUT2D eigenvalue weighted by Gasteiger charge is -2.18. The minimum atomic E-state index is -0.960. The summed E-state index contributed by atoms with van der Waals surface area (Å²) in [6, 6.07) is 26.4. The second-order valence-corrected chi connectivity index (χ2v) is 8.07. The number of phenolic OH excluding ortho intramolecular Hbond substituents is 1. The van der Waals surface area contributed by atoms with Gasteiger partial charge in [-0.3, -0.25) is 0 Å². The van der Waals surface area contributed by atoms with Gasteiger partial charge in [-0.05, 0) is 65.9 Å². The van der Waals surface area contributed by atoms with E-state index in [1.54, 1.807) is 24.3 Å². The molecule has 0 saturated carbocycles. The number of rotatable bonds is 6. The zero-order valence-corrected chi connectivity index (χ0v) is 17.6. The number of hydrogen-bond acceptors (Lipinski definition) is 2. The first-order chi connectivity index (χ1) is 15.0. The topological polar surface area (TPSA) is 62.5 Å². The number of aromatic hydroxyl groups is 1. The third-order valence-electron chi connectivity index (χ3n) is 5.30. The van der Waals surface area contributed by atoms with Crippen LogP contribution in [-0.2, 0) is 6.42 Å². The number of hydrogen-bond donors (Lipinski definition) is 2. The van der Waals surface area contributed by atoms with E-state index in [4.69, 9.17) is 0 Å². The molecule has 4 nitrogen and oxygen atoms in total. The molecule has 0 amide bonds. The number of carboxylic acid groups (broad SMARTS) is 1. The van der Waals surface area contributed by atoms with Crippen molar-refractivity contribution in [2.24, 2.45) is 5.92 Å². The highest BCUT2D eigenvalue weighted by Gasteiger charge is 2.23. The maximum Gasteiger partial charge on any atom is 0.337 e. The van der Waals surface area contributed by atoms with E-state index in [9.17, 15) is 15.0 Å². The molecule has 1 heterocycles. The molecule has 0 aliphatic heterocycles. The van der Waals surface area contributed by atoms with Gasteiger partial charge in [0.05, 0.1) is 16.9 Å². The van der Waals surface area contributed by atoms with Crippen molar-refractivity contribution >= 4 is 5.97 Å². The summed E-state index contributed by atoms with van der Waals surface area (Å²) in [6.45, 7) is 4.31. The Hall–Kier alpha value is -3.79. The fourth-order valence-corrected chi connectivity index (χ4v) is 4.00. The fourth-order valence-electron chi connectivity index (χ4n) is 4.00. The van der Waals surface area contributed by atoms with Crippen molar-refractivity contribution in [2.45, 2.75) is 20.3 Å². The molecule has 156 valence electrons. The first kappa shape index (κ1) is 20.5. The van der Waals surface area contributed by atoms with Gasteiger partial charge in [0.15, 0.2) is 0 Å². The second kappa shape index (κ2) is 8.52. The standard InChI is InChI=1S/C27H25NO3/c1-18(2)16-21-17-24(19-8-4-3-5-9-19)26(20-12-14-22(29)15-13-20)28(21)25-11-7-6-10-23(25)27(30)31/h3-15,17-18,29H,16H2,1-2H3,(H,30,31). The summed E-state index contributed by atoms with van der Waals surface area (Å²) in [4.78, 5) is 12.1. The third kappa shape index (κ3) is 4.10. The smallest absolute Gasteiger partial charge is 0.337 e. The van der Waals surface area contributed by atoms with Crippen LogP contribution in [0.4, 0.5) is 0 Å². The zero-order chi connectivity index (χ0) is 22.0. The van der Waals surface area contributed by atoms with Crippen LogP contribution in [0.1, 0.15) is 29.9 Å². The molecule has 0 aliphatic carbocycles. The van der Waals surface area contributed by atoms with E-state index in [2.05, 4.69) is 36.6 Å². The summed E-state index contributed by atoms with van der Waals surface area (Å²) in [5.74, 6) is -0.379. The fraction of sp³-hybridized carbons (Fsp3) is 0.148. The molecule has 2 N–H and O–H groups in total. The maximum atomic E-state index is 12.1. The predicted octanol–water partition coefficient (Wildman–Crippen LogP) is 6.41. The van der Waals surface area contributed by atoms with Crippen LogP contribution >= 0.6 is 0 Å². The van der Waals surface area contributed by atoms with E-state index in [1.165, 1.54) is 0 Å². The molecule has 0 atom stereocenters. The third-order valence-corrected chi connectivity index (χ3v) is 5.30. The quantitative estimate of drug-likeness (QED) is 0.385. The van der Waals surface area contributed by atoms with Gasteiger partial charge in [-0.25, -0.2) is 4.79 Å². The van der Waals surface area contributed by atoms with Crippen LogP contribution in [0.5, 0.6) is 5.75 Å². The first-order valence-corrected chi connectivity index (χ1v) is 10.4. The Morgan fingerprint density at radius 3 is 2.16 bits per heavy atom. The van der Waals surface area contributed by atoms with Crippen LogP contribution in [0.25, 0.3) is 28.1 Å². The lowest BCUT2D eigenvalue weighted by atomic mass is 10.0. The summed E-state index contributed by atoms with van der Waals surface area (Å²) in [6.07, 6.45) is 0.797. The van der Waals surface area contributed by atoms with E-state index in [-0.39, 0.29) is 11.3 Å². The summed E-state index contributed by atoms with van der Waals surface area (Å²) >= 11 is 0. The average Bonchev–Trinajstić information content (AvgIpc) is 3.13. The predicted molar refractivity (Wildman–Crippen MR) is 124 cm³/mol. The monoisotopic (exact) mass is 411 g/mol. The molecule has 0 saturated heterocycles. The van der Waals surface area contributed by atoms with E-state index in [0.29, 0.717) is 11.6 Å². The van der Waals surface area contributed by atoms with Crippen molar-refractivity contribution < 1.29 is 15.0 Å². The van der Waals surface area contributed by atoms with Gasteiger partial charge in [0, 0.05) is 11.3 Å². The molecule has 4 heteroatoms. The first-order valence-electron chi connectivity index (χ1n) is 10.4. The molecule has 0 radical (unpaired) electrons. The van der Waals surface area contributed by atoms with Gasteiger partial charge in [-0.2, -0.15) is 0 Å². The number of nitrogens with zero attached hydrogens (tertiary/aromatic N) is 1. The molecule has 0 spiro atoms. The zero-order valence-electron chi connectivity index (χ0n) is 17.6. The van der Waals surface area contributed by atoms with Crippen molar-refractivity contribution in [3.8, 4) is 33.8 Å². The van der Waals surface area contributed by atoms with Gasteiger partial charge in [-0.1, -0.05) is 56.3 Å². The number of carboxylic acids is 1.